The predicted molar refractivity (Wildman–Crippen MR) is 111 cm³/mol. The van der Waals surface area contributed by atoms with E-state index >= 15 is 0 Å². The van der Waals surface area contributed by atoms with Crippen LogP contribution in [-0.4, -0.2) is 24.9 Å². The van der Waals surface area contributed by atoms with Crippen molar-refractivity contribution in [2.45, 2.75) is 32.6 Å². The molecular formula is C21H24ClN3O2. The van der Waals surface area contributed by atoms with Crippen LogP contribution < -0.4 is 15.5 Å². The van der Waals surface area contributed by atoms with Gasteiger partial charge in [-0.05, 0) is 68.1 Å². The van der Waals surface area contributed by atoms with Crippen molar-refractivity contribution < 1.29 is 9.59 Å². The third-order valence-corrected chi connectivity index (χ3v) is 4.90. The maximum atomic E-state index is 12.1. The molecule has 0 saturated carbocycles. The van der Waals surface area contributed by atoms with Gasteiger partial charge in [-0.3, -0.25) is 9.59 Å². The Labute approximate surface area is 164 Å². The molecule has 2 N–H and O–H groups in total. The third-order valence-electron chi connectivity index (χ3n) is 4.67. The number of rotatable bonds is 5. The minimum Gasteiger partial charge on any atom is -0.372 e. The van der Waals surface area contributed by atoms with Crippen molar-refractivity contribution in [2.24, 2.45) is 0 Å². The number of hydrogen-bond donors (Lipinski definition) is 2. The second kappa shape index (κ2) is 8.91. The van der Waals surface area contributed by atoms with Crippen molar-refractivity contribution >= 4 is 40.5 Å². The Hall–Kier alpha value is -2.53. The molecule has 5 nitrogen and oxygen atoms in total. The van der Waals surface area contributed by atoms with Crippen molar-refractivity contribution in [2.75, 3.05) is 28.6 Å². The van der Waals surface area contributed by atoms with Crippen molar-refractivity contribution in [3.8, 4) is 0 Å². The third kappa shape index (κ3) is 5.47. The Balaban J connectivity index is 1.52. The standard InChI is InChI=1S/C21H24ClN3O2/c1-15-5-6-16(22)13-19(15)24-21(27)14-20(26)23-17-7-9-18(10-8-17)25-11-3-2-4-12-25/h5-10,13H,2-4,11-12,14H2,1H3,(H,23,26)(H,24,27). The van der Waals surface area contributed by atoms with Crippen molar-refractivity contribution in [3.63, 3.8) is 0 Å². The molecule has 1 saturated heterocycles. The van der Waals surface area contributed by atoms with Gasteiger partial charge in [0.2, 0.25) is 11.8 Å². The Bertz CT molecular complexity index is 815. The molecule has 6 heteroatoms. The number of nitrogens with zero attached hydrogens (tertiary/aromatic N) is 1. The van der Waals surface area contributed by atoms with Crippen molar-refractivity contribution in [3.05, 3.63) is 53.1 Å². The zero-order chi connectivity index (χ0) is 19.2. The summed E-state index contributed by atoms with van der Waals surface area (Å²) in [7, 11) is 0. The van der Waals surface area contributed by atoms with Gasteiger partial charge in [-0.15, -0.1) is 0 Å². The molecule has 2 aromatic rings. The van der Waals surface area contributed by atoms with E-state index in [-0.39, 0.29) is 18.2 Å². The smallest absolute Gasteiger partial charge is 0.233 e. The number of anilines is 3. The summed E-state index contributed by atoms with van der Waals surface area (Å²) in [5.74, 6) is -0.722. The van der Waals surface area contributed by atoms with Gasteiger partial charge in [0.1, 0.15) is 6.42 Å². The molecule has 27 heavy (non-hydrogen) atoms. The molecule has 0 atom stereocenters. The van der Waals surface area contributed by atoms with Crippen molar-refractivity contribution in [1.29, 1.82) is 0 Å². The van der Waals surface area contributed by atoms with Crippen LogP contribution in [-0.2, 0) is 9.59 Å². The highest BCUT2D eigenvalue weighted by molar-refractivity contribution is 6.31. The maximum absolute atomic E-state index is 12.1. The summed E-state index contributed by atoms with van der Waals surface area (Å²) < 4.78 is 0. The Kier molecular flexibility index (Phi) is 6.35. The first kappa shape index (κ1) is 19.2. The largest absolute Gasteiger partial charge is 0.372 e. The van der Waals surface area contributed by atoms with Crippen LogP contribution in [0.4, 0.5) is 17.1 Å². The van der Waals surface area contributed by atoms with Gasteiger partial charge in [0.05, 0.1) is 0 Å². The molecule has 0 bridgehead atoms. The fourth-order valence-electron chi connectivity index (χ4n) is 3.18. The molecule has 0 spiro atoms. The first-order chi connectivity index (χ1) is 13.0. The lowest BCUT2D eigenvalue weighted by atomic mass is 10.1. The molecule has 1 aliphatic rings. The summed E-state index contributed by atoms with van der Waals surface area (Å²) in [5, 5.41) is 6.04. The van der Waals surface area contributed by atoms with Gasteiger partial charge in [0, 0.05) is 35.2 Å². The second-order valence-electron chi connectivity index (χ2n) is 6.83. The topological polar surface area (TPSA) is 61.4 Å². The number of piperidine rings is 1. The molecule has 0 aromatic heterocycles. The lowest BCUT2D eigenvalue weighted by Crippen LogP contribution is -2.29. The zero-order valence-electron chi connectivity index (χ0n) is 15.4. The van der Waals surface area contributed by atoms with Crippen LogP contribution in [0.5, 0.6) is 0 Å². The quantitative estimate of drug-likeness (QED) is 0.739. The van der Waals surface area contributed by atoms with Gasteiger partial charge in [0.15, 0.2) is 0 Å². The summed E-state index contributed by atoms with van der Waals surface area (Å²) in [6, 6.07) is 13.0. The summed E-state index contributed by atoms with van der Waals surface area (Å²) in [6.07, 6.45) is 3.49. The number of carbonyl (C=O) groups excluding carboxylic acids is 2. The van der Waals surface area contributed by atoms with E-state index in [9.17, 15) is 9.59 Å². The van der Waals surface area contributed by atoms with Crippen LogP contribution in [0.3, 0.4) is 0 Å². The maximum Gasteiger partial charge on any atom is 0.233 e. The first-order valence-corrected chi connectivity index (χ1v) is 9.60. The van der Waals surface area contributed by atoms with E-state index in [2.05, 4.69) is 15.5 Å². The number of amides is 2. The second-order valence-corrected chi connectivity index (χ2v) is 7.26. The lowest BCUT2D eigenvalue weighted by Gasteiger charge is -2.28. The first-order valence-electron chi connectivity index (χ1n) is 9.22. The van der Waals surface area contributed by atoms with Crippen LogP contribution in [0, 0.1) is 6.92 Å². The molecule has 0 radical (unpaired) electrons. The zero-order valence-corrected chi connectivity index (χ0v) is 16.2. The monoisotopic (exact) mass is 385 g/mol. The predicted octanol–water partition coefficient (Wildman–Crippen LogP) is 4.61. The number of carbonyl (C=O) groups is 2. The molecule has 142 valence electrons. The highest BCUT2D eigenvalue weighted by atomic mass is 35.5. The van der Waals surface area contributed by atoms with Crippen LogP contribution >= 0.6 is 11.6 Å². The normalized spacial score (nSPS) is 13.9. The number of nitrogens with one attached hydrogen (secondary N) is 2. The van der Waals surface area contributed by atoms with Crippen LogP contribution in [0.15, 0.2) is 42.5 Å². The summed E-state index contributed by atoms with van der Waals surface area (Å²) in [5.41, 5.74) is 3.36. The van der Waals surface area contributed by atoms with Crippen LogP contribution in [0.25, 0.3) is 0 Å². The minimum absolute atomic E-state index is 0.250. The molecule has 1 aliphatic heterocycles. The Morgan fingerprint density at radius 1 is 0.963 bits per heavy atom. The molecular weight excluding hydrogens is 362 g/mol. The van der Waals surface area contributed by atoms with E-state index in [0.29, 0.717) is 16.4 Å². The highest BCUT2D eigenvalue weighted by Crippen LogP contribution is 2.22. The van der Waals surface area contributed by atoms with E-state index < -0.39 is 0 Å². The Morgan fingerprint density at radius 3 is 2.33 bits per heavy atom. The number of hydrogen-bond acceptors (Lipinski definition) is 3. The van der Waals surface area contributed by atoms with E-state index in [1.807, 2.05) is 37.3 Å². The van der Waals surface area contributed by atoms with Gasteiger partial charge >= 0.3 is 0 Å². The average molecular weight is 386 g/mol. The minimum atomic E-state index is -0.372. The SMILES string of the molecule is Cc1ccc(Cl)cc1NC(=O)CC(=O)Nc1ccc(N2CCCCC2)cc1. The van der Waals surface area contributed by atoms with Crippen molar-refractivity contribution in [1.82, 2.24) is 0 Å². The molecule has 2 amide bonds. The molecule has 2 aromatic carbocycles. The molecule has 0 unspecified atom stereocenters. The molecule has 0 aliphatic carbocycles. The summed E-state index contributed by atoms with van der Waals surface area (Å²) in [4.78, 5) is 26.6. The molecule has 1 heterocycles. The van der Waals surface area contributed by atoms with Gasteiger partial charge < -0.3 is 15.5 Å². The number of benzene rings is 2. The molecule has 1 fully saturated rings. The Morgan fingerprint density at radius 2 is 1.63 bits per heavy atom. The van der Waals surface area contributed by atoms with Gasteiger partial charge in [-0.25, -0.2) is 0 Å². The summed E-state index contributed by atoms with van der Waals surface area (Å²) >= 11 is 5.95. The lowest BCUT2D eigenvalue weighted by molar-refractivity contribution is -0.123. The fraction of sp³-hybridized carbons (Fsp3) is 0.333. The fourth-order valence-corrected chi connectivity index (χ4v) is 3.35. The number of aryl methyl sites for hydroxylation is 1. The van der Waals surface area contributed by atoms with E-state index in [4.69, 9.17) is 11.6 Å². The van der Waals surface area contributed by atoms with Crippen LogP contribution in [0.2, 0.25) is 5.02 Å². The van der Waals surface area contributed by atoms with Crippen LogP contribution in [0.1, 0.15) is 31.2 Å². The molecule has 3 rings (SSSR count). The van der Waals surface area contributed by atoms with E-state index in [0.717, 1.165) is 18.7 Å². The van der Waals surface area contributed by atoms with Gasteiger partial charge in [-0.2, -0.15) is 0 Å². The van der Waals surface area contributed by atoms with E-state index in [1.54, 1.807) is 12.1 Å². The highest BCUT2D eigenvalue weighted by Gasteiger charge is 2.13. The average Bonchev–Trinajstić information content (AvgIpc) is 2.66. The van der Waals surface area contributed by atoms with E-state index in [1.165, 1.54) is 24.9 Å². The summed E-state index contributed by atoms with van der Waals surface area (Å²) in [6.45, 7) is 4.03. The van der Waals surface area contributed by atoms with Gasteiger partial charge in [-0.1, -0.05) is 17.7 Å². The van der Waals surface area contributed by atoms with Gasteiger partial charge in [0.25, 0.3) is 0 Å². The number of halogens is 1.